The molecule has 0 radical (unpaired) electrons. The fourth-order valence-electron chi connectivity index (χ4n) is 3.59. The van der Waals surface area contributed by atoms with E-state index in [0.717, 1.165) is 30.7 Å². The third-order valence-electron chi connectivity index (χ3n) is 5.20. The number of amides is 1. The van der Waals surface area contributed by atoms with Crippen LogP contribution in [-0.2, 0) is 17.8 Å². The summed E-state index contributed by atoms with van der Waals surface area (Å²) in [7, 11) is 0. The second-order valence-electron chi connectivity index (χ2n) is 6.87. The van der Waals surface area contributed by atoms with Crippen LogP contribution in [-0.4, -0.2) is 23.0 Å². The molecular weight excluding hydrogens is 326 g/mol. The molecule has 26 heavy (non-hydrogen) atoms. The third kappa shape index (κ3) is 3.28. The molecule has 0 saturated carbocycles. The number of nitrogens with zero attached hydrogens (tertiary/aromatic N) is 3. The summed E-state index contributed by atoms with van der Waals surface area (Å²) in [6.45, 7) is 1.37. The second-order valence-corrected chi connectivity index (χ2v) is 6.87. The van der Waals surface area contributed by atoms with Crippen LogP contribution in [0.2, 0.25) is 0 Å². The zero-order valence-electron chi connectivity index (χ0n) is 14.6. The van der Waals surface area contributed by atoms with Crippen LogP contribution in [0.1, 0.15) is 36.8 Å². The molecule has 0 N–H and O–H groups in total. The van der Waals surface area contributed by atoms with E-state index in [9.17, 15) is 4.79 Å². The predicted molar refractivity (Wildman–Crippen MR) is 98.2 cm³/mol. The Kier molecular flexibility index (Phi) is 4.34. The van der Waals surface area contributed by atoms with Crippen LogP contribution in [0.5, 0.6) is 0 Å². The van der Waals surface area contributed by atoms with E-state index in [1.54, 1.807) is 6.26 Å². The van der Waals surface area contributed by atoms with Gasteiger partial charge >= 0.3 is 0 Å². The highest BCUT2D eigenvalue weighted by Gasteiger charge is 2.39. The molecule has 1 aromatic carbocycles. The molecule has 2 aliphatic heterocycles. The van der Waals surface area contributed by atoms with E-state index >= 15 is 0 Å². The van der Waals surface area contributed by atoms with Crippen molar-refractivity contribution in [1.29, 1.82) is 0 Å². The Balaban J connectivity index is 1.43. The van der Waals surface area contributed by atoms with Crippen LogP contribution >= 0.6 is 0 Å². The summed E-state index contributed by atoms with van der Waals surface area (Å²) in [6.07, 6.45) is 10.4. The first-order chi connectivity index (χ1) is 12.7. The van der Waals surface area contributed by atoms with E-state index in [4.69, 9.17) is 10.8 Å². The van der Waals surface area contributed by atoms with Gasteiger partial charge in [-0.25, -0.2) is 0 Å². The molecule has 0 atom stereocenters. The van der Waals surface area contributed by atoms with E-state index in [1.165, 1.54) is 11.1 Å². The van der Waals surface area contributed by atoms with Gasteiger partial charge in [-0.3, -0.25) is 4.79 Å². The van der Waals surface area contributed by atoms with E-state index in [2.05, 4.69) is 34.3 Å². The van der Waals surface area contributed by atoms with Crippen molar-refractivity contribution in [1.82, 2.24) is 4.90 Å². The number of carbonyl (C=O) groups is 1. The van der Waals surface area contributed by atoms with Crippen LogP contribution in [0.3, 0.4) is 0 Å². The summed E-state index contributed by atoms with van der Waals surface area (Å²) >= 11 is 0. The number of fused-ring (bicyclic) bond motifs is 1. The molecule has 0 aliphatic carbocycles. The van der Waals surface area contributed by atoms with Crippen molar-refractivity contribution in [2.24, 2.45) is 10.2 Å². The number of hydrogen-bond donors (Lipinski definition) is 0. The minimum atomic E-state index is -0.394. The average molecular weight is 347 g/mol. The number of hydrogen-bond acceptors (Lipinski definition) is 4. The monoisotopic (exact) mass is 347 g/mol. The van der Waals surface area contributed by atoms with E-state index in [0.29, 0.717) is 25.8 Å². The Labute approximate surface area is 153 Å². The summed E-state index contributed by atoms with van der Waals surface area (Å²) in [5.41, 5.74) is 3.16. The molecule has 5 nitrogen and oxygen atoms in total. The summed E-state index contributed by atoms with van der Waals surface area (Å²) < 4.78 is 5.57. The average Bonchev–Trinajstić information content (AvgIpc) is 3.24. The summed E-state index contributed by atoms with van der Waals surface area (Å²) in [5.74, 6) is 3.62. The molecule has 2 aromatic rings. The van der Waals surface area contributed by atoms with Gasteiger partial charge in [0.2, 0.25) is 5.91 Å². The summed E-state index contributed by atoms with van der Waals surface area (Å²) in [6, 6.07) is 10.1. The first kappa shape index (κ1) is 16.6. The molecule has 1 amide bonds. The van der Waals surface area contributed by atoms with Crippen LogP contribution in [0.4, 0.5) is 0 Å². The van der Waals surface area contributed by atoms with Crippen LogP contribution in [0.25, 0.3) is 11.3 Å². The minimum Gasteiger partial charge on any atom is -0.464 e. The lowest BCUT2D eigenvalue weighted by Crippen LogP contribution is -2.36. The molecule has 2 aliphatic rings. The maximum Gasteiger partial charge on any atom is 0.223 e. The molecule has 4 rings (SSSR count). The number of terminal acetylenes is 1. The van der Waals surface area contributed by atoms with Gasteiger partial charge in [-0.05, 0) is 29.7 Å². The van der Waals surface area contributed by atoms with Crippen molar-refractivity contribution < 1.29 is 9.21 Å². The molecule has 0 fully saturated rings. The highest BCUT2D eigenvalue weighted by Crippen LogP contribution is 2.38. The van der Waals surface area contributed by atoms with Crippen LogP contribution in [0, 0.1) is 12.3 Å². The van der Waals surface area contributed by atoms with Gasteiger partial charge in [-0.2, -0.15) is 10.2 Å². The van der Waals surface area contributed by atoms with Crippen molar-refractivity contribution in [3.63, 3.8) is 0 Å². The highest BCUT2D eigenvalue weighted by molar-refractivity contribution is 5.77. The standard InChI is InChI=1S/C21H21N3O2/c1-2-3-11-21(22-23-21)12-9-20(25)24-13-10-16-6-4-7-17(18(16)15-24)19-8-5-14-26-19/h1,4-8,14H,3,9-13,15H2. The quantitative estimate of drug-likeness (QED) is 0.736. The van der Waals surface area contributed by atoms with Gasteiger partial charge in [0.1, 0.15) is 5.76 Å². The van der Waals surface area contributed by atoms with Gasteiger partial charge in [-0.1, -0.05) is 18.2 Å². The fraction of sp³-hybridized carbons (Fsp3) is 0.381. The van der Waals surface area contributed by atoms with Crippen molar-refractivity contribution in [2.75, 3.05) is 6.54 Å². The Morgan fingerprint density at radius 3 is 2.88 bits per heavy atom. The lowest BCUT2D eigenvalue weighted by molar-refractivity contribution is -0.132. The zero-order valence-corrected chi connectivity index (χ0v) is 14.6. The molecule has 0 unspecified atom stereocenters. The Hall–Kier alpha value is -2.87. The zero-order chi connectivity index (χ0) is 18.0. The van der Waals surface area contributed by atoms with Crippen molar-refractivity contribution in [2.45, 2.75) is 44.3 Å². The maximum atomic E-state index is 12.7. The Morgan fingerprint density at radius 2 is 2.15 bits per heavy atom. The SMILES string of the molecule is C#CCCC1(CCC(=O)N2CCc3cccc(-c4ccco4)c3C2)N=N1. The summed E-state index contributed by atoms with van der Waals surface area (Å²) in [4.78, 5) is 14.7. The first-order valence-electron chi connectivity index (χ1n) is 9.01. The topological polar surface area (TPSA) is 58.2 Å². The molecule has 5 heteroatoms. The number of furan rings is 1. The van der Waals surface area contributed by atoms with Gasteiger partial charge in [0.15, 0.2) is 5.66 Å². The van der Waals surface area contributed by atoms with Crippen LogP contribution < -0.4 is 0 Å². The van der Waals surface area contributed by atoms with Crippen molar-refractivity contribution >= 4 is 5.91 Å². The largest absolute Gasteiger partial charge is 0.464 e. The molecule has 0 saturated heterocycles. The van der Waals surface area contributed by atoms with Gasteiger partial charge in [0, 0.05) is 44.3 Å². The molecule has 1 aromatic heterocycles. The third-order valence-corrected chi connectivity index (χ3v) is 5.20. The molecule has 132 valence electrons. The van der Waals surface area contributed by atoms with Crippen molar-refractivity contribution in [3.8, 4) is 23.7 Å². The van der Waals surface area contributed by atoms with E-state index in [1.807, 2.05) is 17.0 Å². The first-order valence-corrected chi connectivity index (χ1v) is 9.01. The number of benzene rings is 1. The Morgan fingerprint density at radius 1 is 1.27 bits per heavy atom. The number of carbonyl (C=O) groups excluding carboxylic acids is 1. The molecule has 3 heterocycles. The summed E-state index contributed by atoms with van der Waals surface area (Å²) in [5, 5.41) is 8.24. The minimum absolute atomic E-state index is 0.155. The fourth-order valence-corrected chi connectivity index (χ4v) is 3.59. The van der Waals surface area contributed by atoms with Gasteiger partial charge in [-0.15, -0.1) is 12.3 Å². The van der Waals surface area contributed by atoms with Crippen LogP contribution in [0.15, 0.2) is 51.2 Å². The molecule has 0 bridgehead atoms. The second kappa shape index (κ2) is 6.80. The lowest BCUT2D eigenvalue weighted by atomic mass is 9.93. The predicted octanol–water partition coefficient (Wildman–Crippen LogP) is 4.19. The number of rotatable bonds is 6. The van der Waals surface area contributed by atoms with Gasteiger partial charge in [0.25, 0.3) is 0 Å². The van der Waals surface area contributed by atoms with E-state index < -0.39 is 5.66 Å². The Bertz CT molecular complexity index is 871. The lowest BCUT2D eigenvalue weighted by Gasteiger charge is -2.30. The van der Waals surface area contributed by atoms with Crippen molar-refractivity contribution in [3.05, 3.63) is 47.7 Å². The molecular formula is C21H21N3O2. The van der Waals surface area contributed by atoms with E-state index in [-0.39, 0.29) is 5.91 Å². The van der Waals surface area contributed by atoms with Gasteiger partial charge in [0.05, 0.1) is 6.26 Å². The highest BCUT2D eigenvalue weighted by atomic mass is 16.3. The smallest absolute Gasteiger partial charge is 0.223 e. The molecule has 0 spiro atoms. The maximum absolute atomic E-state index is 12.7. The van der Waals surface area contributed by atoms with Gasteiger partial charge < -0.3 is 9.32 Å². The normalized spacial score (nSPS) is 16.8.